The van der Waals surface area contributed by atoms with Crippen molar-refractivity contribution in [3.05, 3.63) is 29.8 Å². The lowest BCUT2D eigenvalue weighted by Crippen LogP contribution is -2.41. The molecular formula is C12H16F2N2OS. The molecule has 0 heterocycles. The Balaban J connectivity index is 2.85. The van der Waals surface area contributed by atoms with Crippen LogP contribution >= 0.6 is 11.8 Å². The van der Waals surface area contributed by atoms with Gasteiger partial charge in [-0.25, -0.2) is 5.84 Å². The van der Waals surface area contributed by atoms with Crippen molar-refractivity contribution < 1.29 is 13.6 Å². The quantitative estimate of drug-likeness (QED) is 0.385. The molecule has 1 aromatic rings. The monoisotopic (exact) mass is 274 g/mol. The molecule has 0 aliphatic rings. The lowest BCUT2D eigenvalue weighted by molar-refractivity contribution is -0.134. The predicted octanol–water partition coefficient (Wildman–Crippen LogP) is 2.66. The number of hydrazine groups is 1. The number of amides is 1. The molecule has 0 unspecified atom stereocenters. The minimum absolute atomic E-state index is 0.0413. The van der Waals surface area contributed by atoms with Gasteiger partial charge in [0.2, 0.25) is 0 Å². The van der Waals surface area contributed by atoms with Crippen molar-refractivity contribution in [3.63, 3.8) is 0 Å². The highest BCUT2D eigenvalue weighted by Crippen LogP contribution is 2.36. The maximum atomic E-state index is 13.3. The van der Waals surface area contributed by atoms with Crippen molar-refractivity contribution in [1.29, 1.82) is 0 Å². The molecule has 1 amide bonds. The van der Waals surface area contributed by atoms with Gasteiger partial charge < -0.3 is 0 Å². The van der Waals surface area contributed by atoms with Crippen molar-refractivity contribution in [2.45, 2.75) is 36.3 Å². The molecule has 100 valence electrons. The third-order valence-electron chi connectivity index (χ3n) is 2.36. The minimum atomic E-state index is -3.57. The standard InChI is InChI=1S/C12H16F2N2OS/c1-11(2,3)8-4-6-9(7-5-8)18-12(13,14)10(17)16-15/h4-7H,15H2,1-3H3,(H,16,17). The average Bonchev–Trinajstić information content (AvgIpc) is 2.26. The number of carbonyl (C=O) groups is 1. The van der Waals surface area contributed by atoms with E-state index in [-0.39, 0.29) is 17.2 Å². The summed E-state index contributed by atoms with van der Waals surface area (Å²) in [5, 5.41) is -3.57. The van der Waals surface area contributed by atoms with Crippen molar-refractivity contribution in [2.24, 2.45) is 5.84 Å². The molecule has 0 saturated heterocycles. The van der Waals surface area contributed by atoms with Crippen molar-refractivity contribution >= 4 is 17.7 Å². The average molecular weight is 274 g/mol. The van der Waals surface area contributed by atoms with E-state index in [0.717, 1.165) is 5.56 Å². The van der Waals surface area contributed by atoms with E-state index in [1.165, 1.54) is 5.43 Å². The van der Waals surface area contributed by atoms with E-state index < -0.39 is 11.2 Å². The van der Waals surface area contributed by atoms with Crippen LogP contribution in [0.3, 0.4) is 0 Å². The van der Waals surface area contributed by atoms with Crippen LogP contribution in [0.15, 0.2) is 29.2 Å². The van der Waals surface area contributed by atoms with Crippen molar-refractivity contribution in [1.82, 2.24) is 5.43 Å². The van der Waals surface area contributed by atoms with Crippen LogP contribution < -0.4 is 11.3 Å². The van der Waals surface area contributed by atoms with Gasteiger partial charge in [-0.2, -0.15) is 8.78 Å². The van der Waals surface area contributed by atoms with Crippen LogP contribution in [-0.2, 0) is 10.2 Å². The first kappa shape index (κ1) is 14.9. The highest BCUT2D eigenvalue weighted by Gasteiger charge is 2.39. The summed E-state index contributed by atoms with van der Waals surface area (Å²) in [4.78, 5) is 11.2. The van der Waals surface area contributed by atoms with Gasteiger partial charge in [0.25, 0.3) is 0 Å². The van der Waals surface area contributed by atoms with E-state index in [0.29, 0.717) is 4.90 Å². The molecule has 0 aliphatic heterocycles. The number of nitrogens with one attached hydrogen (secondary N) is 1. The number of halogens is 2. The Morgan fingerprint density at radius 3 is 2.11 bits per heavy atom. The van der Waals surface area contributed by atoms with Gasteiger partial charge in [0.05, 0.1) is 0 Å². The first-order chi connectivity index (χ1) is 8.16. The smallest absolute Gasteiger partial charge is 0.288 e. The predicted molar refractivity (Wildman–Crippen MR) is 68.3 cm³/mol. The highest BCUT2D eigenvalue weighted by molar-refractivity contribution is 8.01. The van der Waals surface area contributed by atoms with Crippen LogP contribution in [0.1, 0.15) is 26.3 Å². The molecule has 0 radical (unpaired) electrons. The van der Waals surface area contributed by atoms with Gasteiger partial charge in [-0.05, 0) is 34.9 Å². The molecule has 0 atom stereocenters. The topological polar surface area (TPSA) is 55.1 Å². The third-order valence-corrected chi connectivity index (χ3v) is 3.31. The van der Waals surface area contributed by atoms with E-state index in [1.54, 1.807) is 24.3 Å². The molecule has 3 nitrogen and oxygen atoms in total. The molecule has 18 heavy (non-hydrogen) atoms. The second-order valence-electron chi connectivity index (χ2n) is 4.87. The van der Waals surface area contributed by atoms with E-state index in [9.17, 15) is 13.6 Å². The maximum Gasteiger partial charge on any atom is 0.376 e. The van der Waals surface area contributed by atoms with Crippen molar-refractivity contribution in [2.75, 3.05) is 0 Å². The Labute approximate surface area is 109 Å². The Hall–Kier alpha value is -1.14. The summed E-state index contributed by atoms with van der Waals surface area (Å²) in [7, 11) is 0. The van der Waals surface area contributed by atoms with E-state index in [2.05, 4.69) is 0 Å². The molecule has 0 fully saturated rings. The number of alkyl halides is 2. The molecule has 6 heteroatoms. The number of hydrogen-bond acceptors (Lipinski definition) is 3. The van der Waals surface area contributed by atoms with Gasteiger partial charge in [-0.1, -0.05) is 32.9 Å². The van der Waals surface area contributed by atoms with Gasteiger partial charge in [0, 0.05) is 4.90 Å². The molecule has 0 saturated carbocycles. The van der Waals surface area contributed by atoms with E-state index in [1.807, 2.05) is 20.8 Å². The van der Waals surface area contributed by atoms with Gasteiger partial charge in [-0.3, -0.25) is 10.2 Å². The first-order valence-electron chi connectivity index (χ1n) is 5.35. The number of thioether (sulfide) groups is 1. The lowest BCUT2D eigenvalue weighted by atomic mass is 9.87. The van der Waals surface area contributed by atoms with Crippen molar-refractivity contribution in [3.8, 4) is 0 Å². The number of carbonyl (C=O) groups excluding carboxylic acids is 1. The number of rotatable bonds is 3. The summed E-state index contributed by atoms with van der Waals surface area (Å²) in [6.07, 6.45) is 0. The van der Waals surface area contributed by atoms with Crippen LogP contribution in [0.25, 0.3) is 0 Å². The second-order valence-corrected chi connectivity index (χ2v) is 6.05. The SMILES string of the molecule is CC(C)(C)c1ccc(SC(F)(F)C(=O)NN)cc1. The fourth-order valence-electron chi connectivity index (χ4n) is 1.30. The first-order valence-corrected chi connectivity index (χ1v) is 6.17. The second kappa shape index (κ2) is 5.24. The zero-order valence-electron chi connectivity index (χ0n) is 10.5. The maximum absolute atomic E-state index is 13.3. The molecule has 3 N–H and O–H groups in total. The highest BCUT2D eigenvalue weighted by atomic mass is 32.2. The largest absolute Gasteiger partial charge is 0.376 e. The molecule has 0 aliphatic carbocycles. The summed E-state index contributed by atoms with van der Waals surface area (Å²) in [6, 6.07) is 6.70. The minimum Gasteiger partial charge on any atom is -0.288 e. The Morgan fingerprint density at radius 2 is 1.72 bits per heavy atom. The number of benzene rings is 1. The molecular weight excluding hydrogens is 258 g/mol. The fourth-order valence-corrected chi connectivity index (χ4v) is 2.02. The summed E-state index contributed by atoms with van der Waals surface area (Å²) in [5.41, 5.74) is 2.45. The zero-order valence-corrected chi connectivity index (χ0v) is 11.3. The van der Waals surface area contributed by atoms with Crippen LogP contribution in [0, 0.1) is 0 Å². The number of nitrogens with two attached hydrogens (primary N) is 1. The lowest BCUT2D eigenvalue weighted by Gasteiger charge is -2.19. The summed E-state index contributed by atoms with van der Waals surface area (Å²) in [6.45, 7) is 6.10. The Morgan fingerprint density at radius 1 is 1.22 bits per heavy atom. The van der Waals surface area contributed by atoms with Crippen LogP contribution in [0.5, 0.6) is 0 Å². The Kier molecular flexibility index (Phi) is 4.34. The summed E-state index contributed by atoms with van der Waals surface area (Å²) in [5.74, 6) is 3.19. The third kappa shape index (κ3) is 3.68. The van der Waals surface area contributed by atoms with Crippen LogP contribution in [0.2, 0.25) is 0 Å². The Bertz CT molecular complexity index is 427. The van der Waals surface area contributed by atoms with Gasteiger partial charge >= 0.3 is 11.2 Å². The molecule has 0 bridgehead atoms. The fraction of sp³-hybridized carbons (Fsp3) is 0.417. The number of hydrogen-bond donors (Lipinski definition) is 2. The normalized spacial score (nSPS) is 12.3. The summed E-state index contributed by atoms with van der Waals surface area (Å²) < 4.78 is 26.6. The van der Waals surface area contributed by atoms with E-state index >= 15 is 0 Å². The van der Waals surface area contributed by atoms with Gasteiger partial charge in [0.15, 0.2) is 0 Å². The van der Waals surface area contributed by atoms with Gasteiger partial charge in [0.1, 0.15) is 0 Å². The zero-order chi connectivity index (χ0) is 14.0. The molecule has 0 spiro atoms. The summed E-state index contributed by atoms with van der Waals surface area (Å²) >= 11 is 0.173. The van der Waals surface area contributed by atoms with E-state index in [4.69, 9.17) is 5.84 Å². The molecule has 1 aromatic carbocycles. The van der Waals surface area contributed by atoms with Crippen LogP contribution in [-0.4, -0.2) is 11.2 Å². The van der Waals surface area contributed by atoms with Gasteiger partial charge in [-0.15, -0.1) is 0 Å². The molecule has 0 aromatic heterocycles. The van der Waals surface area contributed by atoms with Crippen LogP contribution in [0.4, 0.5) is 8.78 Å². The molecule has 1 rings (SSSR count).